The number of aliphatic hydroxyl groups is 2. The largest absolute Gasteiger partial charge is 0.756 e. The molecule has 46 heavy (non-hydrogen) atoms. The predicted octanol–water partition coefficient (Wildman–Crippen LogP) is 8.07. The highest BCUT2D eigenvalue weighted by molar-refractivity contribution is 7.45. The molecule has 3 atom stereocenters. The summed E-state index contributed by atoms with van der Waals surface area (Å²) < 4.78 is 32.1. The lowest BCUT2D eigenvalue weighted by atomic mass is 10.1. The second-order valence-corrected chi connectivity index (χ2v) is 13.7. The van der Waals surface area contributed by atoms with E-state index in [1.807, 2.05) is 0 Å². The van der Waals surface area contributed by atoms with E-state index in [4.69, 9.17) is 19.1 Å². The average molecular weight is 684 g/mol. The van der Waals surface area contributed by atoms with Crippen LogP contribution < -0.4 is 11.0 Å². The minimum Gasteiger partial charge on any atom is -0.756 e. The number of carbonyl (C=O) groups is 2. The van der Waals surface area contributed by atoms with E-state index in [2.05, 4.69) is 18.4 Å². The van der Waals surface area contributed by atoms with Crippen molar-refractivity contribution < 1.29 is 47.8 Å². The Labute approximate surface area is 280 Å². The van der Waals surface area contributed by atoms with E-state index in [0.717, 1.165) is 38.5 Å². The Balaban J connectivity index is 0. The van der Waals surface area contributed by atoms with Gasteiger partial charge in [0.15, 0.2) is 6.10 Å². The van der Waals surface area contributed by atoms with Crippen molar-refractivity contribution in [2.75, 3.05) is 26.4 Å². The van der Waals surface area contributed by atoms with Crippen molar-refractivity contribution in [3.8, 4) is 0 Å². The van der Waals surface area contributed by atoms with Crippen LogP contribution in [0.3, 0.4) is 0 Å². The summed E-state index contributed by atoms with van der Waals surface area (Å²) >= 11 is 0. The third-order valence-electron chi connectivity index (χ3n) is 7.75. The third kappa shape index (κ3) is 32.9. The monoisotopic (exact) mass is 683 g/mol. The number of hydrogen-bond acceptors (Lipinski definition) is 10. The number of hydrogen-bond donors (Lipinski definition) is 3. The van der Waals surface area contributed by atoms with Crippen LogP contribution in [0.25, 0.3) is 0 Å². The molecule has 276 valence electrons. The molecule has 0 spiro atoms. The first-order chi connectivity index (χ1) is 21.7. The molecule has 2 unspecified atom stereocenters. The molecular weight excluding hydrogens is 613 g/mol. The first kappa shape index (κ1) is 47.0. The highest BCUT2D eigenvalue weighted by Crippen LogP contribution is 2.38. The highest BCUT2D eigenvalue weighted by Gasteiger charge is 2.21. The Kier molecular flexibility index (Phi) is 34.6. The van der Waals surface area contributed by atoms with Gasteiger partial charge in [-0.25, -0.2) is 0 Å². The molecule has 0 aromatic carbocycles. The van der Waals surface area contributed by atoms with Crippen molar-refractivity contribution in [2.24, 2.45) is 0 Å². The molecule has 0 rings (SSSR count). The van der Waals surface area contributed by atoms with Crippen molar-refractivity contribution >= 4 is 19.8 Å². The quantitative estimate of drug-likeness (QED) is 0.0340. The molecule has 0 saturated heterocycles. The number of phosphoric ester groups is 1. The third-order valence-corrected chi connectivity index (χ3v) is 8.68. The average Bonchev–Trinajstić information content (AvgIpc) is 3.02. The van der Waals surface area contributed by atoms with Gasteiger partial charge in [-0.15, -0.1) is 0 Å². The molecule has 12 heteroatoms. The van der Waals surface area contributed by atoms with E-state index < -0.39 is 51.8 Å². The smallest absolute Gasteiger partial charge is 0.306 e. The zero-order valence-corrected chi connectivity index (χ0v) is 30.5. The van der Waals surface area contributed by atoms with Gasteiger partial charge in [0.05, 0.1) is 19.8 Å². The van der Waals surface area contributed by atoms with Gasteiger partial charge < -0.3 is 39.8 Å². The Hall–Kier alpha value is -1.07. The number of esters is 2. The van der Waals surface area contributed by atoms with E-state index in [1.165, 1.54) is 89.9 Å². The number of ether oxygens (including phenoxy) is 2. The molecule has 0 heterocycles. The van der Waals surface area contributed by atoms with Gasteiger partial charge in [0.25, 0.3) is 7.82 Å². The molecule has 11 nitrogen and oxygen atoms in total. The predicted molar refractivity (Wildman–Crippen MR) is 182 cm³/mol. The first-order valence-corrected chi connectivity index (χ1v) is 19.4. The van der Waals surface area contributed by atoms with Gasteiger partial charge in [0.2, 0.25) is 0 Å². The summed E-state index contributed by atoms with van der Waals surface area (Å²) in [6.45, 7) is 2.17. The molecule has 6 N–H and O–H groups in total. The molecule has 0 fully saturated rings. The fourth-order valence-electron chi connectivity index (χ4n) is 4.93. The number of carbonyl (C=O) groups excluding carboxylic acids is 2. The summed E-state index contributed by atoms with van der Waals surface area (Å²) in [5, 5.41) is 18.2. The first-order valence-electron chi connectivity index (χ1n) is 18.0. The van der Waals surface area contributed by atoms with Crippen LogP contribution in [0, 0.1) is 0 Å². The summed E-state index contributed by atoms with van der Waals surface area (Å²) in [5.41, 5.74) is 0. The van der Waals surface area contributed by atoms with Crippen LogP contribution in [0.2, 0.25) is 0 Å². The van der Waals surface area contributed by atoms with E-state index in [9.17, 15) is 24.2 Å². The Morgan fingerprint density at radius 2 is 0.978 bits per heavy atom. The Morgan fingerprint density at radius 1 is 0.609 bits per heavy atom. The Morgan fingerprint density at radius 3 is 1.39 bits per heavy atom. The van der Waals surface area contributed by atoms with Crippen molar-refractivity contribution in [3.63, 3.8) is 0 Å². The fourth-order valence-corrected chi connectivity index (χ4v) is 5.71. The number of quaternary nitrogens is 1. The molecule has 0 bridgehead atoms. The minimum atomic E-state index is -4.85. The standard InChI is InChI=1S/C34H67O10P.H3N/c1-3-5-7-9-11-13-15-17-19-21-23-25-33(37)41-29-32(30-43-45(39,40)42-28-31(36)27-35)44-34(38)26-24-22-20-18-16-14-12-10-8-6-4-2;/h31-32,35-36H,3-30H2,1-2H3,(H,39,40);1H3/t31?,32-;/m1./s1. The van der Waals surface area contributed by atoms with E-state index in [0.29, 0.717) is 12.8 Å². The lowest BCUT2D eigenvalue weighted by Gasteiger charge is -2.26. The molecule has 0 aliphatic rings. The molecule has 0 aliphatic heterocycles. The second kappa shape index (κ2) is 33.8. The molecule has 0 radical (unpaired) electrons. The Bertz CT molecular complexity index is 743. The highest BCUT2D eigenvalue weighted by atomic mass is 31.2. The second-order valence-electron chi connectivity index (χ2n) is 12.2. The SMILES string of the molecule is CCCCCCCCCCCCCC(=O)OC[C@H](COP(=O)([O-])OCC(O)CO)OC(=O)CCCCCCCCCCCCC.[NH4+]. The molecule has 0 aliphatic carbocycles. The van der Waals surface area contributed by atoms with Crippen LogP contribution in [-0.2, 0) is 32.7 Å². The van der Waals surface area contributed by atoms with Crippen LogP contribution in [0.4, 0.5) is 0 Å². The van der Waals surface area contributed by atoms with Crippen LogP contribution >= 0.6 is 7.82 Å². The summed E-state index contributed by atoms with van der Waals surface area (Å²) in [7, 11) is -4.85. The van der Waals surface area contributed by atoms with Gasteiger partial charge in [-0.2, -0.15) is 0 Å². The van der Waals surface area contributed by atoms with Gasteiger partial charge in [-0.05, 0) is 12.8 Å². The molecule has 0 amide bonds. The normalized spacial score (nSPS) is 13.8. The van der Waals surface area contributed by atoms with Crippen molar-refractivity contribution in [3.05, 3.63) is 0 Å². The van der Waals surface area contributed by atoms with E-state index in [1.54, 1.807) is 0 Å². The van der Waals surface area contributed by atoms with Gasteiger partial charge in [-0.3, -0.25) is 14.2 Å². The summed E-state index contributed by atoms with van der Waals surface area (Å²) in [6, 6.07) is 0. The molecule has 0 aromatic rings. The van der Waals surface area contributed by atoms with Crippen molar-refractivity contribution in [1.29, 1.82) is 0 Å². The number of unbranched alkanes of at least 4 members (excludes halogenated alkanes) is 20. The van der Waals surface area contributed by atoms with Gasteiger partial charge >= 0.3 is 11.9 Å². The summed E-state index contributed by atoms with van der Waals surface area (Å²) in [6.07, 6.45) is 23.4. The van der Waals surface area contributed by atoms with Crippen LogP contribution in [0.15, 0.2) is 0 Å². The zero-order chi connectivity index (χ0) is 33.4. The lowest BCUT2D eigenvalue weighted by molar-refractivity contribution is -0.230. The number of rotatable bonds is 34. The van der Waals surface area contributed by atoms with E-state index >= 15 is 0 Å². The van der Waals surface area contributed by atoms with Gasteiger partial charge in [0.1, 0.15) is 12.7 Å². The lowest BCUT2D eigenvalue weighted by Crippen LogP contribution is -2.30. The molecule has 0 aromatic heterocycles. The van der Waals surface area contributed by atoms with Gasteiger partial charge in [-0.1, -0.05) is 142 Å². The minimum absolute atomic E-state index is 0. The van der Waals surface area contributed by atoms with Crippen molar-refractivity contribution in [2.45, 2.75) is 180 Å². The van der Waals surface area contributed by atoms with E-state index in [-0.39, 0.29) is 25.6 Å². The molecule has 0 saturated carbocycles. The maximum Gasteiger partial charge on any atom is 0.306 e. The van der Waals surface area contributed by atoms with Crippen LogP contribution in [0.1, 0.15) is 168 Å². The number of aliphatic hydroxyl groups excluding tert-OH is 2. The maximum atomic E-state index is 12.5. The van der Waals surface area contributed by atoms with Crippen LogP contribution in [-0.4, -0.2) is 60.8 Å². The maximum absolute atomic E-state index is 12.5. The van der Waals surface area contributed by atoms with Crippen LogP contribution in [0.5, 0.6) is 0 Å². The van der Waals surface area contributed by atoms with Gasteiger partial charge in [0, 0.05) is 12.8 Å². The molecular formula is C34H70NO10P. The zero-order valence-electron chi connectivity index (χ0n) is 29.6. The van der Waals surface area contributed by atoms with Crippen molar-refractivity contribution in [1.82, 2.24) is 6.15 Å². The summed E-state index contributed by atoms with van der Waals surface area (Å²) in [5.74, 6) is -0.955. The topological polar surface area (TPSA) is 188 Å². The number of phosphoric acid groups is 1. The fraction of sp³-hybridized carbons (Fsp3) is 0.941. The summed E-state index contributed by atoms with van der Waals surface area (Å²) in [4.78, 5) is 36.8.